The molecule has 1 aliphatic rings. The van der Waals surface area contributed by atoms with Crippen molar-refractivity contribution in [2.75, 3.05) is 18.4 Å². The molecule has 4 rings (SSSR count). The van der Waals surface area contributed by atoms with Gasteiger partial charge in [-0.1, -0.05) is 29.8 Å². The number of benzene rings is 1. The third-order valence-electron chi connectivity index (χ3n) is 5.54. The minimum atomic E-state index is -0.404. The van der Waals surface area contributed by atoms with Crippen molar-refractivity contribution in [2.24, 2.45) is 5.92 Å². The highest BCUT2D eigenvalue weighted by Crippen LogP contribution is 2.21. The van der Waals surface area contributed by atoms with Crippen molar-refractivity contribution in [3.05, 3.63) is 82.3 Å². The molecule has 3 heterocycles. The van der Waals surface area contributed by atoms with Crippen LogP contribution in [0.4, 0.5) is 5.82 Å². The Morgan fingerprint density at radius 3 is 2.55 bits per heavy atom. The van der Waals surface area contributed by atoms with Gasteiger partial charge in [0.25, 0.3) is 11.5 Å². The quantitative estimate of drug-likeness (QED) is 0.683. The SMILES string of the molecule is Cc1cccc(-c2ccc(C(=O)N3CCC(C(=O)Nc4ccccn4)CC3)c(=O)[nH]2)c1. The van der Waals surface area contributed by atoms with E-state index in [1.807, 2.05) is 37.3 Å². The summed E-state index contributed by atoms with van der Waals surface area (Å²) < 4.78 is 0. The third kappa shape index (κ3) is 4.71. The molecule has 2 N–H and O–H groups in total. The molecule has 0 spiro atoms. The highest BCUT2D eigenvalue weighted by atomic mass is 16.2. The summed E-state index contributed by atoms with van der Waals surface area (Å²) in [4.78, 5) is 46.5. The van der Waals surface area contributed by atoms with Gasteiger partial charge in [-0.3, -0.25) is 14.4 Å². The van der Waals surface area contributed by atoms with Gasteiger partial charge in [-0.2, -0.15) is 0 Å². The summed E-state index contributed by atoms with van der Waals surface area (Å²) in [6, 6.07) is 16.5. The number of carbonyl (C=O) groups excluding carboxylic acids is 2. The lowest BCUT2D eigenvalue weighted by atomic mass is 9.95. The zero-order valence-corrected chi connectivity index (χ0v) is 17.3. The number of aromatic amines is 1. The van der Waals surface area contributed by atoms with Gasteiger partial charge in [0.2, 0.25) is 5.91 Å². The van der Waals surface area contributed by atoms with Crippen molar-refractivity contribution < 1.29 is 9.59 Å². The van der Waals surface area contributed by atoms with E-state index in [4.69, 9.17) is 0 Å². The van der Waals surface area contributed by atoms with E-state index < -0.39 is 5.56 Å². The fraction of sp³-hybridized carbons (Fsp3) is 0.250. The largest absolute Gasteiger partial charge is 0.338 e. The fourth-order valence-corrected chi connectivity index (χ4v) is 3.80. The molecule has 0 radical (unpaired) electrons. The highest BCUT2D eigenvalue weighted by Gasteiger charge is 2.29. The topological polar surface area (TPSA) is 95.2 Å². The summed E-state index contributed by atoms with van der Waals surface area (Å²) in [7, 11) is 0. The zero-order chi connectivity index (χ0) is 21.8. The molecule has 2 aromatic heterocycles. The third-order valence-corrected chi connectivity index (χ3v) is 5.54. The number of rotatable bonds is 4. The van der Waals surface area contributed by atoms with Crippen LogP contribution in [0.1, 0.15) is 28.8 Å². The van der Waals surface area contributed by atoms with Crippen molar-refractivity contribution in [3.63, 3.8) is 0 Å². The maximum Gasteiger partial charge on any atom is 0.261 e. The summed E-state index contributed by atoms with van der Waals surface area (Å²) in [5, 5.41) is 2.81. The van der Waals surface area contributed by atoms with Gasteiger partial charge >= 0.3 is 0 Å². The Bertz CT molecular complexity index is 1150. The Balaban J connectivity index is 1.39. The lowest BCUT2D eigenvalue weighted by Gasteiger charge is -2.31. The number of hydrogen-bond acceptors (Lipinski definition) is 4. The van der Waals surface area contributed by atoms with E-state index >= 15 is 0 Å². The Kier molecular flexibility index (Phi) is 5.93. The number of nitrogens with one attached hydrogen (secondary N) is 2. The number of aromatic nitrogens is 2. The van der Waals surface area contributed by atoms with Crippen molar-refractivity contribution in [3.8, 4) is 11.3 Å². The molecule has 1 aromatic carbocycles. The molecular formula is C24H24N4O3. The van der Waals surface area contributed by atoms with Crippen LogP contribution < -0.4 is 10.9 Å². The Morgan fingerprint density at radius 1 is 1.06 bits per heavy atom. The van der Waals surface area contributed by atoms with E-state index in [1.165, 1.54) is 0 Å². The van der Waals surface area contributed by atoms with Crippen molar-refractivity contribution in [1.29, 1.82) is 0 Å². The van der Waals surface area contributed by atoms with Crippen LogP contribution in [0.25, 0.3) is 11.3 Å². The van der Waals surface area contributed by atoms with E-state index in [-0.39, 0.29) is 23.3 Å². The first-order valence-electron chi connectivity index (χ1n) is 10.3. The highest BCUT2D eigenvalue weighted by molar-refractivity contribution is 5.95. The Labute approximate surface area is 180 Å². The second kappa shape index (κ2) is 8.95. The standard InChI is InChI=1S/C24H24N4O3/c1-16-5-4-6-18(15-16)20-9-8-19(23(30)26-20)24(31)28-13-10-17(11-14-28)22(29)27-21-7-2-3-12-25-21/h2-9,12,15,17H,10-11,13-14H2,1H3,(H,26,30)(H,25,27,29). The summed E-state index contributed by atoms with van der Waals surface area (Å²) >= 11 is 0. The van der Waals surface area contributed by atoms with E-state index in [9.17, 15) is 14.4 Å². The fourth-order valence-electron chi connectivity index (χ4n) is 3.80. The normalized spacial score (nSPS) is 14.3. The summed E-state index contributed by atoms with van der Waals surface area (Å²) in [5.74, 6) is -0.0638. The van der Waals surface area contributed by atoms with Crippen LogP contribution in [0.2, 0.25) is 0 Å². The predicted octanol–water partition coefficient (Wildman–Crippen LogP) is 3.24. The number of carbonyl (C=O) groups is 2. The molecule has 1 saturated heterocycles. The molecule has 3 aromatic rings. The van der Waals surface area contributed by atoms with Crippen LogP contribution in [0.15, 0.2) is 65.6 Å². The molecule has 0 saturated carbocycles. The van der Waals surface area contributed by atoms with Crippen LogP contribution in [0.3, 0.4) is 0 Å². The van der Waals surface area contributed by atoms with Crippen molar-refractivity contribution in [1.82, 2.24) is 14.9 Å². The molecule has 7 nitrogen and oxygen atoms in total. The first-order valence-corrected chi connectivity index (χ1v) is 10.3. The van der Waals surface area contributed by atoms with Crippen LogP contribution in [-0.4, -0.2) is 39.8 Å². The molecule has 2 amide bonds. The zero-order valence-electron chi connectivity index (χ0n) is 17.3. The van der Waals surface area contributed by atoms with Gasteiger partial charge in [0, 0.05) is 30.9 Å². The van der Waals surface area contributed by atoms with E-state index in [2.05, 4.69) is 15.3 Å². The summed E-state index contributed by atoms with van der Waals surface area (Å²) in [5.41, 5.74) is 2.38. The Hall–Kier alpha value is -3.74. The van der Waals surface area contributed by atoms with Crippen LogP contribution in [0, 0.1) is 12.8 Å². The van der Waals surface area contributed by atoms with Gasteiger partial charge in [0.1, 0.15) is 11.4 Å². The lowest BCUT2D eigenvalue weighted by Crippen LogP contribution is -2.43. The average Bonchev–Trinajstić information content (AvgIpc) is 2.79. The number of nitrogens with zero attached hydrogens (tertiary/aromatic N) is 2. The minimum absolute atomic E-state index is 0.0915. The first-order chi connectivity index (χ1) is 15.0. The second-order valence-electron chi connectivity index (χ2n) is 7.75. The molecule has 31 heavy (non-hydrogen) atoms. The second-order valence-corrected chi connectivity index (χ2v) is 7.75. The van der Waals surface area contributed by atoms with E-state index in [0.29, 0.717) is 37.4 Å². The maximum atomic E-state index is 12.9. The number of amides is 2. The molecule has 0 aliphatic carbocycles. The number of aryl methyl sites for hydroxylation is 1. The number of anilines is 1. The average molecular weight is 416 g/mol. The predicted molar refractivity (Wildman–Crippen MR) is 119 cm³/mol. The van der Waals surface area contributed by atoms with Gasteiger partial charge < -0.3 is 15.2 Å². The van der Waals surface area contributed by atoms with Gasteiger partial charge in [-0.15, -0.1) is 0 Å². The molecule has 0 atom stereocenters. The van der Waals surface area contributed by atoms with E-state index in [0.717, 1.165) is 11.1 Å². The van der Waals surface area contributed by atoms with Crippen LogP contribution >= 0.6 is 0 Å². The van der Waals surface area contributed by atoms with Crippen molar-refractivity contribution in [2.45, 2.75) is 19.8 Å². The van der Waals surface area contributed by atoms with Crippen LogP contribution in [-0.2, 0) is 4.79 Å². The summed E-state index contributed by atoms with van der Waals surface area (Å²) in [6.07, 6.45) is 2.71. The minimum Gasteiger partial charge on any atom is -0.338 e. The first kappa shape index (κ1) is 20.5. The molecule has 0 unspecified atom stereocenters. The van der Waals surface area contributed by atoms with Gasteiger partial charge in [0.05, 0.1) is 0 Å². The Morgan fingerprint density at radius 2 is 1.87 bits per heavy atom. The lowest BCUT2D eigenvalue weighted by molar-refractivity contribution is -0.121. The van der Waals surface area contributed by atoms with E-state index in [1.54, 1.807) is 35.4 Å². The van der Waals surface area contributed by atoms with Crippen molar-refractivity contribution >= 4 is 17.6 Å². The molecular weight excluding hydrogens is 392 g/mol. The monoisotopic (exact) mass is 416 g/mol. The number of likely N-dealkylation sites (tertiary alicyclic amines) is 1. The molecule has 7 heteroatoms. The number of piperidine rings is 1. The number of pyridine rings is 2. The molecule has 1 fully saturated rings. The van der Waals surface area contributed by atoms with Gasteiger partial charge in [-0.05, 0) is 55.7 Å². The van der Waals surface area contributed by atoms with Crippen LogP contribution in [0.5, 0.6) is 0 Å². The maximum absolute atomic E-state index is 12.9. The summed E-state index contributed by atoms with van der Waals surface area (Å²) in [6.45, 7) is 2.84. The molecule has 0 bridgehead atoms. The van der Waals surface area contributed by atoms with Gasteiger partial charge in [-0.25, -0.2) is 4.98 Å². The molecule has 1 aliphatic heterocycles. The van der Waals surface area contributed by atoms with Gasteiger partial charge in [0.15, 0.2) is 0 Å². The number of hydrogen-bond donors (Lipinski definition) is 2. The number of H-pyrrole nitrogens is 1. The smallest absolute Gasteiger partial charge is 0.261 e. The molecule has 158 valence electrons.